The molecule has 1 aliphatic carbocycles. The molecule has 0 amide bonds. The topological polar surface area (TPSA) is 42.3 Å². The summed E-state index contributed by atoms with van der Waals surface area (Å²) in [5.41, 5.74) is -0.267. The predicted molar refractivity (Wildman–Crippen MR) is 82.6 cm³/mol. The highest BCUT2D eigenvalue weighted by molar-refractivity contribution is 5.11. The van der Waals surface area contributed by atoms with Crippen LogP contribution < -0.4 is 5.32 Å². The van der Waals surface area contributed by atoms with Crippen LogP contribution in [0, 0.1) is 11.3 Å². The lowest BCUT2D eigenvalue weighted by atomic mass is 9.79. The van der Waals surface area contributed by atoms with Crippen molar-refractivity contribution in [3.05, 3.63) is 0 Å². The molecule has 2 unspecified atom stereocenters. The quantitative estimate of drug-likeness (QED) is 0.852. The number of rotatable bonds is 4. The number of nitrogens with zero attached hydrogens (tertiary/aromatic N) is 3. The summed E-state index contributed by atoms with van der Waals surface area (Å²) in [5, 5.41) is 13.2. The Morgan fingerprint density at radius 2 is 2.10 bits per heavy atom. The van der Waals surface area contributed by atoms with Crippen molar-refractivity contribution < 1.29 is 0 Å². The van der Waals surface area contributed by atoms with E-state index in [2.05, 4.69) is 35.2 Å². The number of likely N-dealkylation sites (N-methyl/N-ethyl adjacent to an activating group) is 1. The SMILES string of the molecule is CCCNC1(C#N)CCCC(N2CCCN(C)CC2)C1. The molecule has 1 saturated carbocycles. The molecule has 0 bridgehead atoms. The molecule has 1 aliphatic heterocycles. The van der Waals surface area contributed by atoms with Crippen molar-refractivity contribution in [2.45, 2.75) is 57.0 Å². The van der Waals surface area contributed by atoms with Gasteiger partial charge in [-0.2, -0.15) is 5.26 Å². The third-order valence-electron chi connectivity index (χ3n) is 4.92. The molecule has 20 heavy (non-hydrogen) atoms. The Morgan fingerprint density at radius 3 is 2.85 bits per heavy atom. The second-order valence-electron chi connectivity index (χ2n) is 6.56. The molecule has 2 aliphatic rings. The molecule has 1 heterocycles. The van der Waals surface area contributed by atoms with E-state index in [0.29, 0.717) is 6.04 Å². The maximum absolute atomic E-state index is 9.64. The van der Waals surface area contributed by atoms with Crippen LogP contribution >= 0.6 is 0 Å². The van der Waals surface area contributed by atoms with Crippen molar-refractivity contribution in [2.75, 3.05) is 39.8 Å². The fourth-order valence-electron chi connectivity index (χ4n) is 3.66. The zero-order chi connectivity index (χ0) is 14.4. The molecule has 114 valence electrons. The monoisotopic (exact) mass is 278 g/mol. The normalized spacial score (nSPS) is 33.5. The maximum atomic E-state index is 9.64. The minimum Gasteiger partial charge on any atom is -0.305 e. The van der Waals surface area contributed by atoms with Gasteiger partial charge in [-0.1, -0.05) is 6.92 Å². The molecule has 2 atom stereocenters. The summed E-state index contributed by atoms with van der Waals surface area (Å²) in [5.74, 6) is 0. The van der Waals surface area contributed by atoms with E-state index in [1.54, 1.807) is 0 Å². The fraction of sp³-hybridized carbons (Fsp3) is 0.938. The van der Waals surface area contributed by atoms with Crippen molar-refractivity contribution in [3.63, 3.8) is 0 Å². The van der Waals surface area contributed by atoms with Crippen LogP contribution in [0.15, 0.2) is 0 Å². The first-order chi connectivity index (χ1) is 9.69. The van der Waals surface area contributed by atoms with E-state index >= 15 is 0 Å². The first kappa shape index (κ1) is 15.8. The van der Waals surface area contributed by atoms with E-state index in [-0.39, 0.29) is 5.54 Å². The van der Waals surface area contributed by atoms with Crippen LogP contribution in [-0.4, -0.2) is 61.2 Å². The van der Waals surface area contributed by atoms with E-state index in [4.69, 9.17) is 0 Å². The summed E-state index contributed by atoms with van der Waals surface area (Å²) >= 11 is 0. The van der Waals surface area contributed by atoms with Crippen LogP contribution in [0.5, 0.6) is 0 Å². The zero-order valence-electron chi connectivity index (χ0n) is 13.2. The Bertz CT molecular complexity index is 338. The Hall–Kier alpha value is -0.630. The summed E-state index contributed by atoms with van der Waals surface area (Å²) in [7, 11) is 2.22. The maximum Gasteiger partial charge on any atom is 0.108 e. The first-order valence-electron chi connectivity index (χ1n) is 8.28. The van der Waals surface area contributed by atoms with E-state index in [1.165, 1.54) is 38.9 Å². The highest BCUT2D eigenvalue weighted by Gasteiger charge is 2.38. The molecular weight excluding hydrogens is 248 g/mol. The van der Waals surface area contributed by atoms with Crippen molar-refractivity contribution >= 4 is 0 Å². The molecule has 0 aromatic heterocycles. The van der Waals surface area contributed by atoms with E-state index < -0.39 is 0 Å². The minimum absolute atomic E-state index is 0.267. The predicted octanol–water partition coefficient (Wildman–Crippen LogP) is 1.83. The van der Waals surface area contributed by atoms with Crippen LogP contribution in [0.2, 0.25) is 0 Å². The van der Waals surface area contributed by atoms with Crippen LogP contribution in [-0.2, 0) is 0 Å². The molecule has 1 saturated heterocycles. The Kier molecular flexibility index (Phi) is 5.83. The number of hydrogen-bond donors (Lipinski definition) is 1. The number of nitrogens with one attached hydrogen (secondary N) is 1. The van der Waals surface area contributed by atoms with Crippen LogP contribution in [0.25, 0.3) is 0 Å². The van der Waals surface area contributed by atoms with Crippen molar-refractivity contribution in [3.8, 4) is 6.07 Å². The summed E-state index contributed by atoms with van der Waals surface area (Å²) in [6.07, 6.45) is 6.83. The van der Waals surface area contributed by atoms with Gasteiger partial charge in [-0.3, -0.25) is 10.2 Å². The highest BCUT2D eigenvalue weighted by atomic mass is 15.2. The van der Waals surface area contributed by atoms with Gasteiger partial charge in [0.15, 0.2) is 0 Å². The summed E-state index contributed by atoms with van der Waals surface area (Å²) in [4.78, 5) is 5.07. The molecule has 2 rings (SSSR count). The van der Waals surface area contributed by atoms with Gasteiger partial charge in [0.2, 0.25) is 0 Å². The number of nitriles is 1. The van der Waals surface area contributed by atoms with Crippen molar-refractivity contribution in [2.24, 2.45) is 0 Å². The summed E-state index contributed by atoms with van der Waals surface area (Å²) in [6.45, 7) is 7.87. The van der Waals surface area contributed by atoms with Gasteiger partial charge in [0.25, 0.3) is 0 Å². The van der Waals surface area contributed by atoms with Gasteiger partial charge < -0.3 is 4.90 Å². The molecule has 0 aromatic rings. The molecule has 0 radical (unpaired) electrons. The molecule has 1 N–H and O–H groups in total. The van der Waals surface area contributed by atoms with E-state index in [9.17, 15) is 5.26 Å². The number of hydrogen-bond acceptors (Lipinski definition) is 4. The van der Waals surface area contributed by atoms with Gasteiger partial charge in [-0.05, 0) is 65.2 Å². The lowest BCUT2D eigenvalue weighted by Gasteiger charge is -2.41. The van der Waals surface area contributed by atoms with Gasteiger partial charge in [0.05, 0.1) is 6.07 Å². The minimum atomic E-state index is -0.267. The molecule has 4 nitrogen and oxygen atoms in total. The summed E-state index contributed by atoms with van der Waals surface area (Å²) in [6, 6.07) is 3.19. The second kappa shape index (κ2) is 7.40. The van der Waals surface area contributed by atoms with Gasteiger partial charge in [-0.25, -0.2) is 0 Å². The van der Waals surface area contributed by atoms with Gasteiger partial charge in [0.1, 0.15) is 5.54 Å². The Morgan fingerprint density at radius 1 is 1.25 bits per heavy atom. The average Bonchev–Trinajstić information content (AvgIpc) is 2.70. The van der Waals surface area contributed by atoms with Gasteiger partial charge in [0, 0.05) is 19.1 Å². The molecular formula is C16H30N4. The Balaban J connectivity index is 1.96. The van der Waals surface area contributed by atoms with Crippen LogP contribution in [0.1, 0.15) is 45.4 Å². The second-order valence-corrected chi connectivity index (χ2v) is 6.56. The van der Waals surface area contributed by atoms with Crippen molar-refractivity contribution in [1.29, 1.82) is 5.26 Å². The smallest absolute Gasteiger partial charge is 0.108 e. The summed E-state index contributed by atoms with van der Waals surface area (Å²) < 4.78 is 0. The lowest BCUT2D eigenvalue weighted by Crippen LogP contribution is -2.53. The molecule has 0 aromatic carbocycles. The highest BCUT2D eigenvalue weighted by Crippen LogP contribution is 2.31. The first-order valence-corrected chi connectivity index (χ1v) is 8.28. The van der Waals surface area contributed by atoms with Crippen molar-refractivity contribution in [1.82, 2.24) is 15.1 Å². The fourth-order valence-corrected chi connectivity index (χ4v) is 3.66. The Labute approximate surface area is 124 Å². The third-order valence-corrected chi connectivity index (χ3v) is 4.92. The van der Waals surface area contributed by atoms with Crippen LogP contribution in [0.3, 0.4) is 0 Å². The van der Waals surface area contributed by atoms with E-state index in [1.807, 2.05) is 0 Å². The molecule has 0 spiro atoms. The van der Waals surface area contributed by atoms with Crippen LogP contribution in [0.4, 0.5) is 0 Å². The molecule has 4 heteroatoms. The standard InChI is InChI=1S/C16H30N4/c1-3-8-18-16(14-17)7-4-6-15(13-16)20-10-5-9-19(2)11-12-20/h15,18H,3-13H2,1-2H3. The average molecular weight is 278 g/mol. The largest absolute Gasteiger partial charge is 0.305 e. The lowest BCUT2D eigenvalue weighted by molar-refractivity contribution is 0.123. The molecule has 2 fully saturated rings. The van der Waals surface area contributed by atoms with E-state index in [0.717, 1.165) is 32.4 Å². The third kappa shape index (κ3) is 3.94. The van der Waals surface area contributed by atoms with Gasteiger partial charge >= 0.3 is 0 Å². The van der Waals surface area contributed by atoms with Gasteiger partial charge in [-0.15, -0.1) is 0 Å². The zero-order valence-corrected chi connectivity index (χ0v) is 13.2.